The second-order valence-corrected chi connectivity index (χ2v) is 5.64. The summed E-state index contributed by atoms with van der Waals surface area (Å²) in [6.45, 7) is 1.45. The maximum Gasteiger partial charge on any atom is 0.331 e. The van der Waals surface area contributed by atoms with Crippen LogP contribution >= 0.6 is 0 Å². The average Bonchev–Trinajstić information content (AvgIpc) is 2.71. The maximum atomic E-state index is 12.2. The van der Waals surface area contributed by atoms with Crippen LogP contribution in [-0.2, 0) is 14.3 Å². The Balaban J connectivity index is 2.02. The summed E-state index contributed by atoms with van der Waals surface area (Å²) in [6.07, 6.45) is 1.67. The molecule has 1 N–H and O–H groups in total. The monoisotopic (exact) mass is 380 g/mol. The molecule has 0 fully saturated rings. The number of para-hydroxylation sites is 2. The normalized spacial score (nSPS) is 11.4. The summed E-state index contributed by atoms with van der Waals surface area (Å²) in [6, 6.07) is 13.8. The fourth-order valence-corrected chi connectivity index (χ4v) is 2.39. The molecule has 0 saturated heterocycles. The molecule has 2 rings (SSSR count). The number of rotatable bonds is 7. The van der Waals surface area contributed by atoms with Gasteiger partial charge in [0.2, 0.25) is 0 Å². The van der Waals surface area contributed by atoms with Crippen molar-refractivity contribution in [3.05, 3.63) is 59.7 Å². The van der Waals surface area contributed by atoms with Gasteiger partial charge in [-0.3, -0.25) is 4.79 Å². The molecule has 7 heteroatoms. The number of nitriles is 1. The molecule has 0 spiro atoms. The van der Waals surface area contributed by atoms with Gasteiger partial charge in [-0.15, -0.1) is 0 Å². The number of benzene rings is 2. The molecule has 144 valence electrons. The molecule has 0 bridgehead atoms. The highest BCUT2D eigenvalue weighted by Crippen LogP contribution is 2.31. The number of carbonyl (C=O) groups excluding carboxylic acids is 2. The first kappa shape index (κ1) is 20.5. The quantitative estimate of drug-likeness (QED) is 0.585. The summed E-state index contributed by atoms with van der Waals surface area (Å²) in [4.78, 5) is 24.3. The molecule has 2 aromatic carbocycles. The van der Waals surface area contributed by atoms with Crippen molar-refractivity contribution in [1.29, 1.82) is 5.26 Å². The highest BCUT2D eigenvalue weighted by atomic mass is 16.5. The SMILES string of the molecule is COc1cccc(/C=C/C(=O)O[C@H](C)C(=O)Nc2ccccc2C#N)c1OC. The van der Waals surface area contributed by atoms with E-state index in [-0.39, 0.29) is 0 Å². The van der Waals surface area contributed by atoms with Gasteiger partial charge < -0.3 is 19.5 Å². The lowest BCUT2D eigenvalue weighted by Crippen LogP contribution is -2.29. The zero-order valence-corrected chi connectivity index (χ0v) is 15.8. The number of anilines is 1. The van der Waals surface area contributed by atoms with Crippen molar-refractivity contribution in [2.45, 2.75) is 13.0 Å². The number of hydrogen-bond acceptors (Lipinski definition) is 6. The van der Waals surface area contributed by atoms with E-state index < -0.39 is 18.0 Å². The number of nitrogens with one attached hydrogen (secondary N) is 1. The lowest BCUT2D eigenvalue weighted by molar-refractivity contribution is -0.148. The van der Waals surface area contributed by atoms with Crippen LogP contribution in [-0.4, -0.2) is 32.2 Å². The molecule has 0 aliphatic rings. The summed E-state index contributed by atoms with van der Waals surface area (Å²) in [5, 5.41) is 11.6. The standard InChI is InChI=1S/C21H20N2O5/c1-14(21(25)23-17-9-5-4-7-16(17)13-22)28-19(24)12-11-15-8-6-10-18(26-2)20(15)27-3/h4-12,14H,1-3H3,(H,23,25)/b12-11+/t14-/m1/s1. The van der Waals surface area contributed by atoms with E-state index in [9.17, 15) is 9.59 Å². The highest BCUT2D eigenvalue weighted by molar-refractivity contribution is 5.97. The first-order valence-corrected chi connectivity index (χ1v) is 8.39. The summed E-state index contributed by atoms with van der Waals surface area (Å²) in [5.41, 5.74) is 1.30. The predicted octanol–water partition coefficient (Wildman–Crippen LogP) is 3.16. The largest absolute Gasteiger partial charge is 0.493 e. The van der Waals surface area contributed by atoms with Crippen LogP contribution in [0, 0.1) is 11.3 Å². The summed E-state index contributed by atoms with van der Waals surface area (Å²) in [7, 11) is 3.02. The topological polar surface area (TPSA) is 97.6 Å². The minimum Gasteiger partial charge on any atom is -0.493 e. The molecular weight excluding hydrogens is 360 g/mol. The molecule has 0 saturated carbocycles. The van der Waals surface area contributed by atoms with E-state index in [4.69, 9.17) is 19.5 Å². The molecule has 0 unspecified atom stereocenters. The Kier molecular flexibility index (Phi) is 7.17. The van der Waals surface area contributed by atoms with Gasteiger partial charge in [0.15, 0.2) is 17.6 Å². The summed E-state index contributed by atoms with van der Waals surface area (Å²) < 4.78 is 15.6. The molecule has 28 heavy (non-hydrogen) atoms. The fraction of sp³-hybridized carbons (Fsp3) is 0.190. The molecule has 7 nitrogen and oxygen atoms in total. The van der Waals surface area contributed by atoms with Crippen molar-refractivity contribution in [3.63, 3.8) is 0 Å². The number of nitrogens with zero attached hydrogens (tertiary/aromatic N) is 1. The number of esters is 1. The molecule has 0 heterocycles. The minimum atomic E-state index is -1.05. The highest BCUT2D eigenvalue weighted by Gasteiger charge is 2.18. The Morgan fingerprint density at radius 1 is 1.11 bits per heavy atom. The van der Waals surface area contributed by atoms with Gasteiger partial charge in [-0.2, -0.15) is 5.26 Å². The molecule has 0 aromatic heterocycles. The molecule has 0 aliphatic carbocycles. The van der Waals surface area contributed by atoms with Crippen LogP contribution in [0.1, 0.15) is 18.1 Å². The van der Waals surface area contributed by atoms with E-state index in [1.54, 1.807) is 42.5 Å². The van der Waals surface area contributed by atoms with E-state index in [0.717, 1.165) is 0 Å². The fourth-order valence-electron chi connectivity index (χ4n) is 2.39. The average molecular weight is 380 g/mol. The Bertz CT molecular complexity index is 931. The Morgan fingerprint density at radius 3 is 2.54 bits per heavy atom. The first-order valence-electron chi connectivity index (χ1n) is 8.39. The Labute approximate surface area is 163 Å². The van der Waals surface area contributed by atoms with Gasteiger partial charge in [-0.05, 0) is 31.2 Å². The minimum absolute atomic E-state index is 0.319. The summed E-state index contributed by atoms with van der Waals surface area (Å²) in [5.74, 6) is -0.223. The van der Waals surface area contributed by atoms with Gasteiger partial charge in [-0.25, -0.2) is 4.79 Å². The van der Waals surface area contributed by atoms with Gasteiger partial charge in [0.1, 0.15) is 6.07 Å². The van der Waals surface area contributed by atoms with Gasteiger partial charge in [0, 0.05) is 11.6 Å². The van der Waals surface area contributed by atoms with Gasteiger partial charge >= 0.3 is 5.97 Å². The van der Waals surface area contributed by atoms with Crippen molar-refractivity contribution >= 4 is 23.6 Å². The van der Waals surface area contributed by atoms with Crippen LogP contribution in [0.2, 0.25) is 0 Å². The smallest absolute Gasteiger partial charge is 0.331 e. The molecule has 0 radical (unpaired) electrons. The number of amides is 1. The third-order valence-electron chi connectivity index (χ3n) is 3.80. The second kappa shape index (κ2) is 9.78. The van der Waals surface area contributed by atoms with Crippen LogP contribution in [0.5, 0.6) is 11.5 Å². The van der Waals surface area contributed by atoms with E-state index in [1.807, 2.05) is 6.07 Å². The maximum absolute atomic E-state index is 12.2. The van der Waals surface area contributed by atoms with Crippen LogP contribution in [0.15, 0.2) is 48.5 Å². The van der Waals surface area contributed by atoms with E-state index in [1.165, 1.54) is 33.3 Å². The molecular formula is C21H20N2O5. The zero-order valence-electron chi connectivity index (χ0n) is 15.8. The lowest BCUT2D eigenvalue weighted by Gasteiger charge is -2.13. The van der Waals surface area contributed by atoms with Crippen LogP contribution in [0.3, 0.4) is 0 Å². The van der Waals surface area contributed by atoms with E-state index >= 15 is 0 Å². The molecule has 1 atom stereocenters. The van der Waals surface area contributed by atoms with Gasteiger partial charge in [0.25, 0.3) is 5.91 Å². The molecule has 0 aliphatic heterocycles. The van der Waals surface area contributed by atoms with Crippen molar-refractivity contribution in [1.82, 2.24) is 0 Å². The molecule has 1 amide bonds. The zero-order chi connectivity index (χ0) is 20.5. The first-order chi connectivity index (χ1) is 13.5. The van der Waals surface area contributed by atoms with Crippen molar-refractivity contribution in [2.75, 3.05) is 19.5 Å². The Hall–Kier alpha value is -3.79. The number of carbonyl (C=O) groups is 2. The third-order valence-corrected chi connectivity index (χ3v) is 3.80. The van der Waals surface area contributed by atoms with Gasteiger partial charge in [0.05, 0.1) is 25.5 Å². The predicted molar refractivity (Wildman–Crippen MR) is 104 cm³/mol. The number of ether oxygens (including phenoxy) is 3. The van der Waals surface area contributed by atoms with E-state index in [0.29, 0.717) is 28.3 Å². The number of methoxy groups -OCH3 is 2. The van der Waals surface area contributed by atoms with Crippen molar-refractivity contribution in [3.8, 4) is 17.6 Å². The van der Waals surface area contributed by atoms with Crippen LogP contribution in [0.25, 0.3) is 6.08 Å². The van der Waals surface area contributed by atoms with Crippen molar-refractivity contribution < 1.29 is 23.8 Å². The number of hydrogen-bond donors (Lipinski definition) is 1. The third kappa shape index (κ3) is 5.11. The van der Waals surface area contributed by atoms with Gasteiger partial charge in [-0.1, -0.05) is 24.3 Å². The summed E-state index contributed by atoms with van der Waals surface area (Å²) >= 11 is 0. The Morgan fingerprint density at radius 2 is 1.86 bits per heavy atom. The molecule has 2 aromatic rings. The van der Waals surface area contributed by atoms with Crippen LogP contribution < -0.4 is 14.8 Å². The van der Waals surface area contributed by atoms with Crippen LogP contribution in [0.4, 0.5) is 5.69 Å². The second-order valence-electron chi connectivity index (χ2n) is 5.64. The van der Waals surface area contributed by atoms with Crippen molar-refractivity contribution in [2.24, 2.45) is 0 Å². The van der Waals surface area contributed by atoms with E-state index in [2.05, 4.69) is 5.32 Å². The lowest BCUT2D eigenvalue weighted by atomic mass is 10.1.